The zero-order valence-corrected chi connectivity index (χ0v) is 18.3. The lowest BCUT2D eigenvalue weighted by atomic mass is 10.2. The summed E-state index contributed by atoms with van der Waals surface area (Å²) >= 11 is 6.81. The summed E-state index contributed by atoms with van der Waals surface area (Å²) < 4.78 is 50.5. The standard InChI is InChI=1S/C18H19ClF3N3O5S/c1-4-5-8-31-17(26)10(2)29-13-9-11(6-7-12(13)25(27)28)30-16-14(19)15(18(20,21)22)24(3)23-16/h6-7,9-10H,4-5,8H2,1-3H3. The number of aromatic nitrogens is 2. The van der Waals surface area contributed by atoms with Crippen LogP contribution in [0, 0.1) is 10.1 Å². The number of carbonyl (C=O) groups excluding carboxylic acids is 1. The molecule has 0 saturated heterocycles. The Morgan fingerprint density at radius 3 is 2.65 bits per heavy atom. The van der Waals surface area contributed by atoms with E-state index in [9.17, 15) is 28.1 Å². The van der Waals surface area contributed by atoms with Crippen molar-refractivity contribution in [3.8, 4) is 17.4 Å². The fraction of sp³-hybridized carbons (Fsp3) is 0.444. The highest BCUT2D eigenvalue weighted by Crippen LogP contribution is 2.41. The smallest absolute Gasteiger partial charge is 0.434 e. The molecule has 0 amide bonds. The van der Waals surface area contributed by atoms with Crippen molar-refractivity contribution in [2.45, 2.75) is 39.0 Å². The van der Waals surface area contributed by atoms with Crippen LogP contribution in [0.2, 0.25) is 5.02 Å². The maximum absolute atomic E-state index is 13.1. The molecule has 31 heavy (non-hydrogen) atoms. The predicted molar refractivity (Wildman–Crippen MR) is 109 cm³/mol. The first kappa shape index (κ1) is 24.8. The largest absolute Gasteiger partial charge is 0.475 e. The molecule has 0 saturated carbocycles. The minimum Gasteiger partial charge on any atom is -0.475 e. The number of nitro groups is 1. The minimum atomic E-state index is -4.75. The number of halogens is 4. The minimum absolute atomic E-state index is 0.104. The summed E-state index contributed by atoms with van der Waals surface area (Å²) in [6, 6.07) is 3.30. The van der Waals surface area contributed by atoms with Gasteiger partial charge in [-0.3, -0.25) is 19.6 Å². The van der Waals surface area contributed by atoms with Crippen LogP contribution in [0.3, 0.4) is 0 Å². The fourth-order valence-electron chi connectivity index (χ4n) is 2.43. The molecule has 13 heteroatoms. The normalized spacial score (nSPS) is 12.5. The summed E-state index contributed by atoms with van der Waals surface area (Å²) in [5.41, 5.74) is -1.64. The van der Waals surface area contributed by atoms with Crippen molar-refractivity contribution in [1.29, 1.82) is 0 Å². The molecule has 1 atom stereocenters. The number of aryl methyl sites for hydroxylation is 1. The van der Waals surface area contributed by atoms with E-state index in [0.717, 1.165) is 49.9 Å². The van der Waals surface area contributed by atoms with Crippen molar-refractivity contribution < 1.29 is 32.4 Å². The third-order valence-corrected chi connectivity index (χ3v) is 5.40. The van der Waals surface area contributed by atoms with Gasteiger partial charge >= 0.3 is 11.9 Å². The molecule has 1 heterocycles. The number of hydrogen-bond acceptors (Lipinski definition) is 7. The third kappa shape index (κ3) is 6.26. The van der Waals surface area contributed by atoms with E-state index in [0.29, 0.717) is 10.4 Å². The van der Waals surface area contributed by atoms with E-state index in [2.05, 4.69) is 5.10 Å². The second-order valence-corrected chi connectivity index (χ2v) is 7.84. The van der Waals surface area contributed by atoms with Gasteiger partial charge in [-0.15, -0.1) is 5.10 Å². The lowest BCUT2D eigenvalue weighted by Gasteiger charge is -2.14. The van der Waals surface area contributed by atoms with Crippen molar-refractivity contribution in [1.82, 2.24) is 9.78 Å². The first-order chi connectivity index (χ1) is 14.5. The fourth-order valence-corrected chi connectivity index (χ4v) is 3.66. The number of nitrogens with zero attached hydrogens (tertiary/aromatic N) is 3. The highest BCUT2D eigenvalue weighted by molar-refractivity contribution is 8.13. The number of ether oxygens (including phenoxy) is 2. The number of hydrogen-bond donors (Lipinski definition) is 0. The van der Waals surface area contributed by atoms with Gasteiger partial charge in [-0.2, -0.15) is 13.2 Å². The number of carbonyl (C=O) groups is 1. The number of benzene rings is 1. The van der Waals surface area contributed by atoms with E-state index in [-0.39, 0.29) is 16.6 Å². The molecule has 170 valence electrons. The third-order valence-electron chi connectivity index (χ3n) is 3.95. The van der Waals surface area contributed by atoms with Gasteiger partial charge in [0.2, 0.25) is 10.9 Å². The monoisotopic (exact) mass is 481 g/mol. The van der Waals surface area contributed by atoms with Gasteiger partial charge in [0.15, 0.2) is 11.8 Å². The lowest BCUT2D eigenvalue weighted by Crippen LogP contribution is -2.21. The number of unbranched alkanes of at least 4 members (excludes halogenated alkanes) is 1. The number of alkyl halides is 3. The quantitative estimate of drug-likeness (QED) is 0.260. The molecule has 0 aliphatic rings. The van der Waals surface area contributed by atoms with Gasteiger partial charge in [0, 0.05) is 24.9 Å². The van der Waals surface area contributed by atoms with Gasteiger partial charge in [-0.25, -0.2) is 0 Å². The second-order valence-electron chi connectivity index (χ2n) is 6.36. The van der Waals surface area contributed by atoms with Gasteiger partial charge in [-0.1, -0.05) is 36.7 Å². The van der Waals surface area contributed by atoms with Crippen LogP contribution < -0.4 is 9.47 Å². The van der Waals surface area contributed by atoms with E-state index in [1.165, 1.54) is 6.92 Å². The van der Waals surface area contributed by atoms with Crippen LogP contribution in [-0.4, -0.2) is 31.7 Å². The van der Waals surface area contributed by atoms with Gasteiger partial charge in [0.25, 0.3) is 5.88 Å². The lowest BCUT2D eigenvalue weighted by molar-refractivity contribution is -0.386. The molecular formula is C18H19ClF3N3O5S. The molecule has 1 aromatic heterocycles. The Morgan fingerprint density at radius 2 is 2.10 bits per heavy atom. The molecular weight excluding hydrogens is 463 g/mol. The van der Waals surface area contributed by atoms with Crippen LogP contribution in [0.5, 0.6) is 17.4 Å². The maximum atomic E-state index is 13.1. The van der Waals surface area contributed by atoms with E-state index in [1.54, 1.807) is 0 Å². The van der Waals surface area contributed by atoms with Crippen LogP contribution in [0.15, 0.2) is 18.2 Å². The Bertz CT molecular complexity index is 968. The number of nitro benzene ring substituents is 1. The molecule has 0 spiro atoms. The average Bonchev–Trinajstić information content (AvgIpc) is 2.94. The molecule has 0 aliphatic carbocycles. The van der Waals surface area contributed by atoms with E-state index < -0.39 is 39.5 Å². The molecule has 8 nitrogen and oxygen atoms in total. The predicted octanol–water partition coefficient (Wildman–Crippen LogP) is 5.62. The van der Waals surface area contributed by atoms with Crippen LogP contribution in [0.4, 0.5) is 18.9 Å². The molecule has 0 bridgehead atoms. The summed E-state index contributed by atoms with van der Waals surface area (Å²) in [4.78, 5) is 22.7. The van der Waals surface area contributed by atoms with Gasteiger partial charge in [-0.05, 0) is 19.4 Å². The topological polar surface area (TPSA) is 96.5 Å². The Labute approximate surface area is 184 Å². The Morgan fingerprint density at radius 1 is 1.42 bits per heavy atom. The van der Waals surface area contributed by atoms with Crippen LogP contribution >= 0.6 is 23.4 Å². The van der Waals surface area contributed by atoms with Crippen molar-refractivity contribution in [2.75, 3.05) is 5.75 Å². The van der Waals surface area contributed by atoms with Gasteiger partial charge in [0.1, 0.15) is 10.8 Å². The average molecular weight is 482 g/mol. The summed E-state index contributed by atoms with van der Waals surface area (Å²) in [7, 11) is 1.05. The molecule has 0 N–H and O–H groups in total. The zero-order chi connectivity index (χ0) is 23.3. The van der Waals surface area contributed by atoms with E-state index in [1.807, 2.05) is 6.92 Å². The van der Waals surface area contributed by atoms with Crippen LogP contribution in [0.25, 0.3) is 0 Å². The Hall–Kier alpha value is -2.47. The maximum Gasteiger partial charge on any atom is 0.434 e. The van der Waals surface area contributed by atoms with Crippen LogP contribution in [0.1, 0.15) is 32.4 Å². The zero-order valence-electron chi connectivity index (χ0n) is 16.7. The summed E-state index contributed by atoms with van der Waals surface area (Å²) in [5, 5.41) is 13.8. The van der Waals surface area contributed by atoms with E-state index in [4.69, 9.17) is 21.1 Å². The summed E-state index contributed by atoms with van der Waals surface area (Å²) in [6.45, 7) is 3.43. The van der Waals surface area contributed by atoms with Crippen LogP contribution in [-0.2, 0) is 18.0 Å². The SMILES string of the molecule is CCCCSC(=O)C(C)Oc1cc(Oc2nn(C)c(C(F)(F)F)c2Cl)ccc1[N+](=O)[O-]. The second kappa shape index (κ2) is 10.2. The van der Waals surface area contributed by atoms with E-state index >= 15 is 0 Å². The van der Waals surface area contributed by atoms with Gasteiger partial charge < -0.3 is 9.47 Å². The van der Waals surface area contributed by atoms with Gasteiger partial charge in [0.05, 0.1) is 4.92 Å². The first-order valence-corrected chi connectivity index (χ1v) is 10.4. The van der Waals surface area contributed by atoms with Crippen molar-refractivity contribution >= 4 is 34.2 Å². The Kier molecular flexibility index (Phi) is 8.18. The number of rotatable bonds is 9. The van der Waals surface area contributed by atoms with Crippen molar-refractivity contribution in [3.05, 3.63) is 39.0 Å². The first-order valence-electron chi connectivity index (χ1n) is 9.05. The Balaban J connectivity index is 2.28. The summed E-state index contributed by atoms with van der Waals surface area (Å²) in [5.74, 6) is -0.320. The van der Waals surface area contributed by atoms with Crippen molar-refractivity contribution in [3.63, 3.8) is 0 Å². The summed E-state index contributed by atoms with van der Waals surface area (Å²) in [6.07, 6.45) is -4.01. The molecule has 1 unspecified atom stereocenters. The molecule has 0 aliphatic heterocycles. The molecule has 2 aromatic rings. The molecule has 2 rings (SSSR count). The van der Waals surface area contributed by atoms with Crippen molar-refractivity contribution in [2.24, 2.45) is 7.05 Å². The molecule has 1 aromatic carbocycles. The highest BCUT2D eigenvalue weighted by Gasteiger charge is 2.39. The molecule has 0 radical (unpaired) electrons. The number of thioether (sulfide) groups is 1. The highest BCUT2D eigenvalue weighted by atomic mass is 35.5. The molecule has 0 fully saturated rings.